The third-order valence-electron chi connectivity index (χ3n) is 3.36. The van der Waals surface area contributed by atoms with Crippen LogP contribution in [0.3, 0.4) is 0 Å². The molecule has 7 heteroatoms. The highest BCUT2D eigenvalue weighted by Crippen LogP contribution is 2.35. The molecule has 0 bridgehead atoms. The van der Waals surface area contributed by atoms with Crippen LogP contribution in [-0.4, -0.2) is 40.8 Å². The fourth-order valence-corrected chi connectivity index (χ4v) is 2.35. The van der Waals surface area contributed by atoms with E-state index in [0.717, 1.165) is 0 Å². The van der Waals surface area contributed by atoms with Crippen molar-refractivity contribution < 1.29 is 24.2 Å². The summed E-state index contributed by atoms with van der Waals surface area (Å²) in [4.78, 5) is 36.3. The van der Waals surface area contributed by atoms with Gasteiger partial charge >= 0.3 is 5.97 Å². The zero-order chi connectivity index (χ0) is 16.4. The molecule has 1 aromatic carbocycles. The summed E-state index contributed by atoms with van der Waals surface area (Å²) in [6.45, 7) is 3.18. The third-order valence-corrected chi connectivity index (χ3v) is 3.56. The Morgan fingerprint density at radius 3 is 2.73 bits per heavy atom. The molecule has 0 fully saturated rings. The van der Waals surface area contributed by atoms with Crippen molar-refractivity contribution in [1.82, 2.24) is 0 Å². The number of rotatable bonds is 5. The Hall–Kier alpha value is -2.08. The van der Waals surface area contributed by atoms with E-state index < -0.39 is 17.5 Å². The average molecular weight is 326 g/mol. The average Bonchev–Trinajstić information content (AvgIpc) is 2.46. The van der Waals surface area contributed by atoms with Crippen molar-refractivity contribution in [1.29, 1.82) is 0 Å². The maximum atomic E-state index is 12.2. The monoisotopic (exact) mass is 325 g/mol. The topological polar surface area (TPSA) is 83.9 Å². The maximum Gasteiger partial charge on any atom is 0.305 e. The fourth-order valence-electron chi connectivity index (χ4n) is 2.23. The van der Waals surface area contributed by atoms with Crippen LogP contribution >= 0.6 is 11.6 Å². The molecule has 2 rings (SSSR count). The second-order valence-electron chi connectivity index (χ2n) is 5.06. The highest BCUT2D eigenvalue weighted by molar-refractivity contribution is 6.33. The Morgan fingerprint density at radius 2 is 2.14 bits per heavy atom. The van der Waals surface area contributed by atoms with Crippen LogP contribution in [0.25, 0.3) is 0 Å². The van der Waals surface area contributed by atoms with Gasteiger partial charge in [-0.3, -0.25) is 14.4 Å². The molecule has 1 aliphatic heterocycles. The number of fused-ring (bicyclic) bond motifs is 1. The van der Waals surface area contributed by atoms with Gasteiger partial charge in [0.15, 0.2) is 11.9 Å². The molecule has 0 spiro atoms. The molecule has 1 heterocycles. The third kappa shape index (κ3) is 3.22. The lowest BCUT2D eigenvalue weighted by Crippen LogP contribution is -2.45. The highest BCUT2D eigenvalue weighted by atomic mass is 35.5. The summed E-state index contributed by atoms with van der Waals surface area (Å²) in [6.07, 6.45) is -0.892. The summed E-state index contributed by atoms with van der Waals surface area (Å²) in [7, 11) is 0. The number of carbonyl (C=O) groups excluding carboxylic acids is 2. The standard InChI is InChI=1S/C15H16ClNO5/c1-8(16)14(20)10-3-4-12-11(7-10)17(6-5-13(18)19)15(21)9(2)22-12/h3-4,7-9H,5-6H2,1-2H3,(H,18,19). The molecule has 1 N–H and O–H groups in total. The number of amides is 1. The number of anilines is 1. The Morgan fingerprint density at radius 1 is 1.45 bits per heavy atom. The molecular weight excluding hydrogens is 310 g/mol. The van der Waals surface area contributed by atoms with Crippen molar-refractivity contribution >= 4 is 34.9 Å². The van der Waals surface area contributed by atoms with Crippen LogP contribution in [0.15, 0.2) is 18.2 Å². The Kier molecular flexibility index (Phi) is 4.71. The van der Waals surface area contributed by atoms with Crippen LogP contribution in [0.1, 0.15) is 30.6 Å². The fraction of sp³-hybridized carbons (Fsp3) is 0.400. The van der Waals surface area contributed by atoms with Crippen molar-refractivity contribution in [3.63, 3.8) is 0 Å². The first-order valence-corrected chi connectivity index (χ1v) is 7.27. The van der Waals surface area contributed by atoms with Crippen LogP contribution in [-0.2, 0) is 9.59 Å². The molecule has 0 radical (unpaired) electrons. The number of benzene rings is 1. The number of nitrogens with zero attached hydrogens (tertiary/aromatic N) is 1. The Balaban J connectivity index is 2.40. The lowest BCUT2D eigenvalue weighted by Gasteiger charge is -2.33. The first-order chi connectivity index (χ1) is 10.3. The number of ketones is 1. The number of carbonyl (C=O) groups is 3. The summed E-state index contributed by atoms with van der Waals surface area (Å²) >= 11 is 5.80. The largest absolute Gasteiger partial charge is 0.481 e. The van der Waals surface area contributed by atoms with Gasteiger partial charge in [-0.25, -0.2) is 0 Å². The van der Waals surface area contributed by atoms with Crippen LogP contribution < -0.4 is 9.64 Å². The van der Waals surface area contributed by atoms with Gasteiger partial charge in [-0.05, 0) is 32.0 Å². The van der Waals surface area contributed by atoms with E-state index in [-0.39, 0.29) is 24.7 Å². The number of carboxylic acids is 1. The molecule has 2 atom stereocenters. The molecular formula is C15H16ClNO5. The van der Waals surface area contributed by atoms with Crippen molar-refractivity contribution in [2.45, 2.75) is 31.7 Å². The number of ether oxygens (including phenoxy) is 1. The van der Waals surface area contributed by atoms with Crippen LogP contribution in [0.4, 0.5) is 5.69 Å². The van der Waals surface area contributed by atoms with E-state index in [4.69, 9.17) is 21.4 Å². The van der Waals surface area contributed by atoms with E-state index in [1.54, 1.807) is 26.0 Å². The lowest BCUT2D eigenvalue weighted by molar-refractivity contribution is -0.136. The van der Waals surface area contributed by atoms with Crippen molar-refractivity contribution in [3.05, 3.63) is 23.8 Å². The first kappa shape index (κ1) is 16.3. The first-order valence-electron chi connectivity index (χ1n) is 6.83. The summed E-state index contributed by atoms with van der Waals surface area (Å²) in [5.41, 5.74) is 0.750. The Bertz CT molecular complexity index is 628. The summed E-state index contributed by atoms with van der Waals surface area (Å²) in [6, 6.07) is 4.69. The molecule has 1 aromatic rings. The van der Waals surface area contributed by atoms with E-state index in [9.17, 15) is 14.4 Å². The minimum Gasteiger partial charge on any atom is -0.481 e. The van der Waals surface area contributed by atoms with Crippen LogP contribution in [0.2, 0.25) is 0 Å². The van der Waals surface area contributed by atoms with Gasteiger partial charge in [0.2, 0.25) is 0 Å². The molecule has 2 unspecified atom stereocenters. The minimum atomic E-state index is -1.00. The van der Waals surface area contributed by atoms with Gasteiger partial charge in [0.25, 0.3) is 5.91 Å². The number of aliphatic carboxylic acids is 1. The lowest BCUT2D eigenvalue weighted by atomic mass is 10.1. The number of carboxylic acid groups (broad SMARTS) is 1. The number of hydrogen-bond acceptors (Lipinski definition) is 4. The highest BCUT2D eigenvalue weighted by Gasteiger charge is 2.32. The number of halogens is 1. The van der Waals surface area contributed by atoms with Gasteiger partial charge < -0.3 is 14.7 Å². The zero-order valence-corrected chi connectivity index (χ0v) is 13.0. The number of alkyl halides is 1. The second kappa shape index (κ2) is 6.36. The molecule has 118 valence electrons. The van der Waals surface area contributed by atoms with Gasteiger partial charge in [-0.1, -0.05) is 0 Å². The maximum absolute atomic E-state index is 12.2. The van der Waals surface area contributed by atoms with Gasteiger partial charge in [0.1, 0.15) is 5.75 Å². The molecule has 1 amide bonds. The summed E-state index contributed by atoms with van der Waals surface area (Å²) in [5, 5.41) is 8.13. The van der Waals surface area contributed by atoms with Crippen LogP contribution in [0.5, 0.6) is 5.75 Å². The molecule has 0 saturated heterocycles. The SMILES string of the molecule is CC(Cl)C(=O)c1ccc2c(c1)N(CCC(=O)O)C(=O)C(C)O2. The predicted octanol–water partition coefficient (Wildman–Crippen LogP) is 2.09. The Labute approximate surface area is 132 Å². The normalized spacial score (nSPS) is 18.4. The summed E-state index contributed by atoms with van der Waals surface area (Å²) < 4.78 is 5.49. The van der Waals surface area contributed by atoms with E-state index in [1.165, 1.54) is 11.0 Å². The van der Waals surface area contributed by atoms with E-state index >= 15 is 0 Å². The smallest absolute Gasteiger partial charge is 0.305 e. The van der Waals surface area contributed by atoms with Gasteiger partial charge in [-0.2, -0.15) is 0 Å². The molecule has 0 aromatic heterocycles. The van der Waals surface area contributed by atoms with E-state index in [0.29, 0.717) is 17.0 Å². The minimum absolute atomic E-state index is 0.0168. The zero-order valence-electron chi connectivity index (χ0n) is 12.2. The van der Waals surface area contributed by atoms with Crippen LogP contribution in [0, 0.1) is 0 Å². The van der Waals surface area contributed by atoms with Crippen molar-refractivity contribution in [3.8, 4) is 5.75 Å². The molecule has 6 nitrogen and oxygen atoms in total. The summed E-state index contributed by atoms with van der Waals surface area (Å²) in [5.74, 6) is -1.17. The molecule has 22 heavy (non-hydrogen) atoms. The quantitative estimate of drug-likeness (QED) is 0.662. The number of hydrogen-bond donors (Lipinski definition) is 1. The molecule has 0 aliphatic carbocycles. The van der Waals surface area contributed by atoms with Crippen molar-refractivity contribution in [2.75, 3.05) is 11.4 Å². The predicted molar refractivity (Wildman–Crippen MR) is 80.8 cm³/mol. The van der Waals surface area contributed by atoms with Gasteiger partial charge in [0, 0.05) is 12.1 Å². The van der Waals surface area contributed by atoms with Crippen molar-refractivity contribution in [2.24, 2.45) is 0 Å². The molecule has 0 saturated carbocycles. The van der Waals surface area contributed by atoms with E-state index in [2.05, 4.69) is 0 Å². The van der Waals surface area contributed by atoms with E-state index in [1.807, 2.05) is 0 Å². The number of Topliss-reactive ketones (excluding diaryl/α,β-unsaturated/α-hetero) is 1. The van der Waals surface area contributed by atoms with Gasteiger partial charge in [-0.15, -0.1) is 11.6 Å². The molecule has 1 aliphatic rings. The second-order valence-corrected chi connectivity index (χ2v) is 5.71. The van der Waals surface area contributed by atoms with Gasteiger partial charge in [0.05, 0.1) is 17.5 Å².